The molecule has 1 amide bonds. The lowest BCUT2D eigenvalue weighted by Crippen LogP contribution is -2.27. The van der Waals surface area contributed by atoms with Gasteiger partial charge in [-0.05, 0) is 42.7 Å². The van der Waals surface area contributed by atoms with Gasteiger partial charge in [0, 0.05) is 43.1 Å². The first-order valence-electron chi connectivity index (χ1n) is 9.78. The summed E-state index contributed by atoms with van der Waals surface area (Å²) in [4.78, 5) is 12.0. The second-order valence-electron chi connectivity index (χ2n) is 7.34. The summed E-state index contributed by atoms with van der Waals surface area (Å²) < 4.78 is 33.7. The maximum atomic E-state index is 13.2. The minimum atomic E-state index is -3.69. The molecule has 1 aromatic heterocycles. The van der Waals surface area contributed by atoms with E-state index in [0.29, 0.717) is 31.4 Å². The average molecular weight is 413 g/mol. The number of carbonyl (C=O) groups excluding carboxylic acids is 1. The number of sulfonamides is 1. The maximum Gasteiger partial charge on any atom is 0.243 e. The Bertz CT molecular complexity index is 1180. The van der Waals surface area contributed by atoms with Gasteiger partial charge in [0.25, 0.3) is 0 Å². The van der Waals surface area contributed by atoms with Crippen LogP contribution < -0.4 is 5.32 Å². The van der Waals surface area contributed by atoms with Gasteiger partial charge >= 0.3 is 0 Å². The predicted octanol–water partition coefficient (Wildman–Crippen LogP) is 4.09. The molecule has 0 fully saturated rings. The lowest BCUT2D eigenvalue weighted by molar-refractivity contribution is -0.116. The number of nitrogens with one attached hydrogen (secondary N) is 1. The fraction of sp³-hybridized carbons (Fsp3) is 0.318. The van der Waals surface area contributed by atoms with Crippen molar-refractivity contribution >= 4 is 32.6 Å². The Labute approximate surface area is 170 Å². The molecule has 0 unspecified atom stereocenters. The van der Waals surface area contributed by atoms with E-state index in [1.165, 1.54) is 4.31 Å². The van der Waals surface area contributed by atoms with Gasteiger partial charge in [-0.2, -0.15) is 4.31 Å². The molecule has 2 heterocycles. The molecule has 1 aliphatic rings. The van der Waals surface area contributed by atoms with Gasteiger partial charge in [-0.25, -0.2) is 8.42 Å². The molecular weight excluding hydrogens is 388 g/mol. The van der Waals surface area contributed by atoms with Crippen molar-refractivity contribution in [2.24, 2.45) is 0 Å². The molecule has 1 N–H and O–H groups in total. The van der Waals surface area contributed by atoms with E-state index in [1.54, 1.807) is 25.2 Å². The molecule has 2 aromatic carbocycles. The minimum Gasteiger partial charge on any atom is -0.461 e. The number of fused-ring (bicyclic) bond motifs is 2. The fourth-order valence-corrected chi connectivity index (χ4v) is 5.00. The predicted molar refractivity (Wildman–Crippen MR) is 112 cm³/mol. The van der Waals surface area contributed by atoms with E-state index in [4.69, 9.17) is 4.42 Å². The Balaban J connectivity index is 1.66. The second kappa shape index (κ2) is 7.65. The molecule has 1 aliphatic heterocycles. The molecule has 0 bridgehead atoms. The van der Waals surface area contributed by atoms with Crippen LogP contribution in [0.3, 0.4) is 0 Å². The van der Waals surface area contributed by atoms with Gasteiger partial charge in [0.1, 0.15) is 11.3 Å². The van der Waals surface area contributed by atoms with Crippen molar-refractivity contribution in [1.29, 1.82) is 0 Å². The Morgan fingerprint density at radius 1 is 1.14 bits per heavy atom. The van der Waals surface area contributed by atoms with Gasteiger partial charge in [0.15, 0.2) is 0 Å². The number of aryl methyl sites for hydroxylation is 2. The Morgan fingerprint density at radius 3 is 2.72 bits per heavy atom. The van der Waals surface area contributed by atoms with Crippen molar-refractivity contribution in [2.75, 3.05) is 12.4 Å². The van der Waals surface area contributed by atoms with Crippen molar-refractivity contribution < 1.29 is 17.6 Å². The van der Waals surface area contributed by atoms with Crippen LogP contribution in [0.2, 0.25) is 0 Å². The van der Waals surface area contributed by atoms with Gasteiger partial charge in [-0.1, -0.05) is 25.1 Å². The van der Waals surface area contributed by atoms with Crippen molar-refractivity contribution in [3.8, 4) is 0 Å². The zero-order valence-electron chi connectivity index (χ0n) is 16.6. The monoisotopic (exact) mass is 412 g/mol. The highest BCUT2D eigenvalue weighted by Gasteiger charge is 2.25. The smallest absolute Gasteiger partial charge is 0.243 e. The first-order chi connectivity index (χ1) is 13.9. The molecule has 152 valence electrons. The first kappa shape index (κ1) is 19.7. The summed E-state index contributed by atoms with van der Waals surface area (Å²) in [5.74, 6) is 0.772. The molecule has 0 saturated carbocycles. The van der Waals surface area contributed by atoms with Crippen molar-refractivity contribution in [3.63, 3.8) is 0 Å². The molecule has 0 aliphatic carbocycles. The number of rotatable bonds is 5. The van der Waals surface area contributed by atoms with Crippen LogP contribution in [-0.2, 0) is 34.2 Å². The molecule has 29 heavy (non-hydrogen) atoms. The molecule has 0 spiro atoms. The highest BCUT2D eigenvalue weighted by atomic mass is 32.2. The number of para-hydroxylation sites is 1. The number of amides is 1. The number of carbonyl (C=O) groups is 1. The summed E-state index contributed by atoms with van der Waals surface area (Å²) in [6, 6.07) is 12.6. The van der Waals surface area contributed by atoms with Crippen LogP contribution in [0.15, 0.2) is 51.8 Å². The Hall–Kier alpha value is -2.64. The van der Waals surface area contributed by atoms with Crippen LogP contribution in [0.4, 0.5) is 5.69 Å². The molecule has 0 saturated heterocycles. The van der Waals surface area contributed by atoms with Crippen LogP contribution >= 0.6 is 0 Å². The summed E-state index contributed by atoms with van der Waals surface area (Å²) in [6.45, 7) is 2.23. The van der Waals surface area contributed by atoms with E-state index >= 15 is 0 Å². The van der Waals surface area contributed by atoms with Gasteiger partial charge in [0.05, 0.1) is 4.90 Å². The van der Waals surface area contributed by atoms with E-state index in [-0.39, 0.29) is 17.3 Å². The summed E-state index contributed by atoms with van der Waals surface area (Å²) in [5.41, 5.74) is 3.22. The van der Waals surface area contributed by atoms with Crippen LogP contribution in [0.25, 0.3) is 11.0 Å². The first-order valence-corrected chi connectivity index (χ1v) is 11.2. The molecule has 7 heteroatoms. The number of nitrogens with zero attached hydrogens (tertiary/aromatic N) is 1. The summed E-state index contributed by atoms with van der Waals surface area (Å²) >= 11 is 0. The third-order valence-electron chi connectivity index (χ3n) is 5.39. The largest absolute Gasteiger partial charge is 0.461 e. The van der Waals surface area contributed by atoms with E-state index in [9.17, 15) is 13.2 Å². The lowest BCUT2D eigenvalue weighted by atomic mass is 10.1. The van der Waals surface area contributed by atoms with E-state index < -0.39 is 10.0 Å². The quantitative estimate of drug-likeness (QED) is 0.684. The van der Waals surface area contributed by atoms with Gasteiger partial charge in [-0.3, -0.25) is 4.79 Å². The lowest BCUT2D eigenvalue weighted by Gasteiger charge is -2.18. The van der Waals surface area contributed by atoms with Crippen molar-refractivity contribution in [1.82, 2.24) is 4.31 Å². The second-order valence-corrected chi connectivity index (χ2v) is 9.38. The van der Waals surface area contributed by atoms with Crippen molar-refractivity contribution in [3.05, 3.63) is 59.4 Å². The van der Waals surface area contributed by atoms with Gasteiger partial charge < -0.3 is 9.73 Å². The molecule has 0 atom stereocenters. The standard InChI is InChI=1S/C22H24N2O4S/c1-3-20-18(17-8-4-5-9-21(17)28-20)14-24(2)29(26,27)16-11-12-19-15(13-16)7-6-10-22(25)23-19/h4-5,8-9,11-13H,3,6-7,10,14H2,1-2H3,(H,23,25). The molecule has 3 aromatic rings. The zero-order valence-corrected chi connectivity index (χ0v) is 17.4. The van der Waals surface area contributed by atoms with Gasteiger partial charge in [0.2, 0.25) is 15.9 Å². The number of benzene rings is 2. The Morgan fingerprint density at radius 2 is 1.93 bits per heavy atom. The van der Waals surface area contributed by atoms with E-state index in [0.717, 1.165) is 27.9 Å². The SMILES string of the molecule is CCc1oc2ccccc2c1CN(C)S(=O)(=O)c1ccc2c(c1)CCCC(=O)N2. The normalized spacial score (nSPS) is 14.7. The third-order valence-corrected chi connectivity index (χ3v) is 7.19. The zero-order chi connectivity index (χ0) is 20.6. The highest BCUT2D eigenvalue weighted by Crippen LogP contribution is 2.30. The van der Waals surface area contributed by atoms with Crippen LogP contribution in [-0.4, -0.2) is 25.7 Å². The molecule has 6 nitrogen and oxygen atoms in total. The Kier molecular flexibility index (Phi) is 5.19. The fourth-order valence-electron chi connectivity index (χ4n) is 3.81. The van der Waals surface area contributed by atoms with E-state index in [1.807, 2.05) is 31.2 Å². The average Bonchev–Trinajstić information content (AvgIpc) is 2.94. The van der Waals surface area contributed by atoms with Crippen LogP contribution in [0, 0.1) is 0 Å². The third kappa shape index (κ3) is 3.68. The highest BCUT2D eigenvalue weighted by molar-refractivity contribution is 7.89. The number of anilines is 1. The van der Waals surface area contributed by atoms with E-state index in [2.05, 4.69) is 5.32 Å². The summed E-state index contributed by atoms with van der Waals surface area (Å²) in [7, 11) is -2.10. The number of hydrogen-bond acceptors (Lipinski definition) is 4. The summed E-state index contributed by atoms with van der Waals surface area (Å²) in [6.07, 6.45) is 2.52. The summed E-state index contributed by atoms with van der Waals surface area (Å²) in [5, 5.41) is 3.78. The molecule has 4 rings (SSSR count). The maximum absolute atomic E-state index is 13.2. The molecule has 0 radical (unpaired) electrons. The number of furan rings is 1. The van der Waals surface area contributed by atoms with Gasteiger partial charge in [-0.15, -0.1) is 0 Å². The van der Waals surface area contributed by atoms with Crippen LogP contribution in [0.1, 0.15) is 36.7 Å². The topological polar surface area (TPSA) is 79.6 Å². The molecular formula is C22H24N2O4S. The minimum absolute atomic E-state index is 0.0320. The van der Waals surface area contributed by atoms with Crippen molar-refractivity contribution in [2.45, 2.75) is 44.0 Å². The van der Waals surface area contributed by atoms with Crippen LogP contribution in [0.5, 0.6) is 0 Å². The number of hydrogen-bond donors (Lipinski definition) is 1.